The van der Waals surface area contributed by atoms with Crippen molar-refractivity contribution in [1.82, 2.24) is 4.90 Å². The maximum absolute atomic E-state index is 12.8. The molecule has 0 aromatic heterocycles. The molecule has 1 heterocycles. The number of ether oxygens (including phenoxy) is 2. The van der Waals surface area contributed by atoms with Gasteiger partial charge in [0.25, 0.3) is 11.1 Å². The molecule has 7 nitrogen and oxygen atoms in total. The van der Waals surface area contributed by atoms with E-state index in [2.05, 4.69) is 34.5 Å². The Labute approximate surface area is 214 Å². The first-order valence-corrected chi connectivity index (χ1v) is 12.1. The molecule has 1 N–H and O–H groups in total. The van der Waals surface area contributed by atoms with Gasteiger partial charge in [0, 0.05) is 9.26 Å². The number of amides is 3. The average molecular weight is 599 g/mol. The minimum atomic E-state index is -0.552. The van der Waals surface area contributed by atoms with Crippen molar-refractivity contribution in [3.63, 3.8) is 0 Å². The largest absolute Gasteiger partial charge is 0.490 e. The van der Waals surface area contributed by atoms with Crippen molar-refractivity contribution in [2.24, 2.45) is 0 Å². The van der Waals surface area contributed by atoms with Crippen LogP contribution in [0.5, 0.6) is 11.5 Å². The highest BCUT2D eigenvalue weighted by Gasteiger charge is 2.36. The van der Waals surface area contributed by atoms with Gasteiger partial charge in [-0.3, -0.25) is 19.3 Å². The number of imide groups is 1. The van der Waals surface area contributed by atoms with E-state index in [4.69, 9.17) is 21.1 Å². The van der Waals surface area contributed by atoms with Crippen LogP contribution < -0.4 is 14.8 Å². The second-order valence-corrected chi connectivity index (χ2v) is 9.33. The number of rotatable bonds is 9. The summed E-state index contributed by atoms with van der Waals surface area (Å²) in [5, 5.41) is 2.46. The fourth-order valence-electron chi connectivity index (χ4n) is 2.88. The molecule has 1 aliphatic rings. The van der Waals surface area contributed by atoms with Crippen LogP contribution in [-0.4, -0.2) is 41.7 Å². The van der Waals surface area contributed by atoms with E-state index in [1.54, 1.807) is 30.3 Å². The van der Waals surface area contributed by atoms with E-state index in [0.717, 1.165) is 20.2 Å². The number of halogens is 2. The molecule has 0 spiro atoms. The molecule has 0 radical (unpaired) electrons. The predicted octanol–water partition coefficient (Wildman–Crippen LogP) is 5.58. The van der Waals surface area contributed by atoms with Gasteiger partial charge in [0.2, 0.25) is 5.91 Å². The summed E-state index contributed by atoms with van der Waals surface area (Å²) in [6.45, 7) is 5.69. The standard InChI is InChI=1S/C23H20ClIN2O5S/c1-3-9-32-21-17(24)10-14(11-18(21)31-4-2)12-19-22(29)27(23(30)33-19)13-20(28)26-16-7-5-15(25)6-8-16/h3,5-8,10-12H,1,4,9,13H2,2H3,(H,26,28)/b19-12+. The van der Waals surface area contributed by atoms with E-state index in [1.165, 1.54) is 6.08 Å². The van der Waals surface area contributed by atoms with Crippen LogP contribution in [0.2, 0.25) is 5.02 Å². The Hall–Kier alpha value is -2.50. The summed E-state index contributed by atoms with van der Waals surface area (Å²) >= 11 is 9.27. The molecule has 0 saturated carbocycles. The molecule has 3 rings (SSSR count). The normalized spacial score (nSPS) is 14.5. The number of carbonyl (C=O) groups is 3. The van der Waals surface area contributed by atoms with Gasteiger partial charge in [-0.1, -0.05) is 24.3 Å². The molecule has 0 atom stereocenters. The van der Waals surface area contributed by atoms with E-state index in [0.29, 0.717) is 34.4 Å². The van der Waals surface area contributed by atoms with Gasteiger partial charge in [0.05, 0.1) is 16.5 Å². The van der Waals surface area contributed by atoms with Crippen LogP contribution in [0.25, 0.3) is 6.08 Å². The van der Waals surface area contributed by atoms with Gasteiger partial charge in [-0.2, -0.15) is 0 Å². The highest BCUT2D eigenvalue weighted by Crippen LogP contribution is 2.39. The highest BCUT2D eigenvalue weighted by atomic mass is 127. The number of anilines is 1. The van der Waals surface area contributed by atoms with E-state index < -0.39 is 17.1 Å². The van der Waals surface area contributed by atoms with Crippen LogP contribution in [0, 0.1) is 3.57 Å². The fourth-order valence-corrected chi connectivity index (χ4v) is 4.35. The van der Waals surface area contributed by atoms with Gasteiger partial charge in [0.15, 0.2) is 11.5 Å². The van der Waals surface area contributed by atoms with Crippen LogP contribution in [0.1, 0.15) is 12.5 Å². The van der Waals surface area contributed by atoms with Crippen molar-refractivity contribution in [2.45, 2.75) is 6.92 Å². The molecule has 0 bridgehead atoms. The van der Waals surface area contributed by atoms with Gasteiger partial charge in [0.1, 0.15) is 13.2 Å². The van der Waals surface area contributed by atoms with Crippen LogP contribution >= 0.6 is 46.0 Å². The van der Waals surface area contributed by atoms with Crippen LogP contribution in [-0.2, 0) is 9.59 Å². The van der Waals surface area contributed by atoms with Gasteiger partial charge in [-0.25, -0.2) is 0 Å². The summed E-state index contributed by atoms with van der Waals surface area (Å²) in [5.41, 5.74) is 1.14. The van der Waals surface area contributed by atoms with Crippen molar-refractivity contribution < 1.29 is 23.9 Å². The molecule has 1 fully saturated rings. The first-order valence-electron chi connectivity index (χ1n) is 9.83. The lowest BCUT2D eigenvalue weighted by atomic mass is 10.1. The Bertz CT molecular complexity index is 1120. The Morgan fingerprint density at radius 2 is 1.97 bits per heavy atom. The molecule has 10 heteroatoms. The minimum Gasteiger partial charge on any atom is -0.490 e. The fraction of sp³-hybridized carbons (Fsp3) is 0.174. The summed E-state index contributed by atoms with van der Waals surface area (Å²) < 4.78 is 12.2. The molecule has 2 aromatic carbocycles. The molecule has 33 heavy (non-hydrogen) atoms. The Morgan fingerprint density at radius 3 is 2.64 bits per heavy atom. The lowest BCUT2D eigenvalue weighted by Gasteiger charge is -2.14. The molecule has 2 aromatic rings. The molecule has 0 aliphatic carbocycles. The molecule has 1 aliphatic heterocycles. The zero-order chi connectivity index (χ0) is 24.0. The van der Waals surface area contributed by atoms with Crippen LogP contribution in [0.15, 0.2) is 54.0 Å². The van der Waals surface area contributed by atoms with Gasteiger partial charge in [-0.05, 0) is 89.3 Å². The van der Waals surface area contributed by atoms with Crippen molar-refractivity contribution in [2.75, 3.05) is 25.1 Å². The second kappa shape index (κ2) is 11.6. The maximum atomic E-state index is 12.8. The van der Waals surface area contributed by atoms with Crippen molar-refractivity contribution in [3.05, 3.63) is 68.1 Å². The Kier molecular flexibility index (Phi) is 8.81. The van der Waals surface area contributed by atoms with E-state index in [9.17, 15) is 14.4 Å². The van der Waals surface area contributed by atoms with Crippen LogP contribution in [0.3, 0.4) is 0 Å². The quantitative estimate of drug-likeness (QED) is 0.230. The van der Waals surface area contributed by atoms with Crippen molar-refractivity contribution in [3.8, 4) is 11.5 Å². The number of thioether (sulfide) groups is 1. The first-order chi connectivity index (χ1) is 15.8. The molecular formula is C23H20ClIN2O5S. The minimum absolute atomic E-state index is 0.181. The summed E-state index contributed by atoms with van der Waals surface area (Å²) in [6, 6.07) is 10.5. The van der Waals surface area contributed by atoms with Gasteiger partial charge in [-0.15, -0.1) is 0 Å². The SMILES string of the molecule is C=CCOc1c(Cl)cc(/C=C2/SC(=O)N(CC(=O)Nc3ccc(I)cc3)C2=O)cc1OCC. The summed E-state index contributed by atoms with van der Waals surface area (Å²) in [6.07, 6.45) is 3.12. The third-order valence-electron chi connectivity index (χ3n) is 4.28. The van der Waals surface area contributed by atoms with Crippen molar-refractivity contribution >= 4 is 74.8 Å². The summed E-state index contributed by atoms with van der Waals surface area (Å²) in [4.78, 5) is 38.6. The average Bonchev–Trinajstić information content (AvgIpc) is 3.02. The zero-order valence-corrected chi connectivity index (χ0v) is 21.3. The number of carbonyl (C=O) groups excluding carboxylic acids is 3. The smallest absolute Gasteiger partial charge is 0.294 e. The molecule has 0 unspecified atom stereocenters. The Balaban J connectivity index is 1.76. The van der Waals surface area contributed by atoms with E-state index >= 15 is 0 Å². The summed E-state index contributed by atoms with van der Waals surface area (Å²) in [5.74, 6) is -0.237. The monoisotopic (exact) mass is 598 g/mol. The second-order valence-electron chi connectivity index (χ2n) is 6.69. The summed E-state index contributed by atoms with van der Waals surface area (Å²) in [7, 11) is 0. The first kappa shape index (κ1) is 25.1. The molecule has 1 saturated heterocycles. The number of hydrogen-bond donors (Lipinski definition) is 1. The number of hydrogen-bond acceptors (Lipinski definition) is 6. The van der Waals surface area contributed by atoms with Crippen LogP contribution in [0.4, 0.5) is 10.5 Å². The zero-order valence-electron chi connectivity index (χ0n) is 17.6. The van der Waals surface area contributed by atoms with E-state index in [-0.39, 0.29) is 18.1 Å². The van der Waals surface area contributed by atoms with Gasteiger partial charge < -0.3 is 14.8 Å². The number of nitrogens with zero attached hydrogens (tertiary/aromatic N) is 1. The third-order valence-corrected chi connectivity index (χ3v) is 6.19. The predicted molar refractivity (Wildman–Crippen MR) is 139 cm³/mol. The van der Waals surface area contributed by atoms with E-state index in [1.807, 2.05) is 19.1 Å². The molecular weight excluding hydrogens is 579 g/mol. The lowest BCUT2D eigenvalue weighted by molar-refractivity contribution is -0.127. The maximum Gasteiger partial charge on any atom is 0.294 e. The third kappa shape index (κ3) is 6.52. The number of benzene rings is 2. The molecule has 172 valence electrons. The highest BCUT2D eigenvalue weighted by molar-refractivity contribution is 14.1. The van der Waals surface area contributed by atoms with Gasteiger partial charge >= 0.3 is 0 Å². The number of nitrogens with one attached hydrogen (secondary N) is 1. The molecule has 3 amide bonds. The Morgan fingerprint density at radius 1 is 1.24 bits per heavy atom. The lowest BCUT2D eigenvalue weighted by Crippen LogP contribution is -2.36. The topological polar surface area (TPSA) is 84.9 Å². The van der Waals surface area contributed by atoms with Crippen molar-refractivity contribution in [1.29, 1.82) is 0 Å².